The number of amides is 1. The van der Waals surface area contributed by atoms with E-state index in [-0.39, 0.29) is 17.2 Å². The summed E-state index contributed by atoms with van der Waals surface area (Å²) >= 11 is 12.4. The number of rotatable bonds is 2. The minimum Gasteiger partial charge on any atom is -0.353 e. The maximum Gasteiger partial charge on any atom is 0.233 e. The van der Waals surface area contributed by atoms with Crippen LogP contribution in [-0.4, -0.2) is 21.9 Å². The zero-order valence-electron chi connectivity index (χ0n) is 15.6. The van der Waals surface area contributed by atoms with Gasteiger partial charge in [0.15, 0.2) is 0 Å². The van der Waals surface area contributed by atoms with Gasteiger partial charge in [-0.3, -0.25) is 4.79 Å². The van der Waals surface area contributed by atoms with Crippen LogP contribution in [0.5, 0.6) is 0 Å². The molecule has 2 aromatic rings. The highest BCUT2D eigenvalue weighted by Gasteiger charge is 2.68. The Morgan fingerprint density at radius 3 is 2.37 bits per heavy atom. The van der Waals surface area contributed by atoms with Crippen molar-refractivity contribution in [3.05, 3.63) is 33.6 Å². The zero-order valence-corrected chi connectivity index (χ0v) is 17.1. The maximum atomic E-state index is 13.6. The second-order valence-electron chi connectivity index (χ2n) is 8.89. The van der Waals surface area contributed by atoms with Crippen molar-refractivity contribution >= 4 is 40.1 Å². The number of nitrogens with one attached hydrogen (secondary N) is 1. The largest absolute Gasteiger partial charge is 0.353 e. The number of carbonyl (C=O) groups is 1. The quantitative estimate of drug-likeness (QED) is 0.753. The summed E-state index contributed by atoms with van der Waals surface area (Å²) in [4.78, 5) is 23.4. The highest BCUT2D eigenvalue weighted by molar-refractivity contribution is 6.42. The van der Waals surface area contributed by atoms with Crippen LogP contribution >= 0.6 is 23.2 Å². The Bertz CT molecular complexity index is 968. The Morgan fingerprint density at radius 1 is 1.07 bits per heavy atom. The van der Waals surface area contributed by atoms with E-state index in [0.29, 0.717) is 21.6 Å². The van der Waals surface area contributed by atoms with Gasteiger partial charge in [0.1, 0.15) is 0 Å². The Labute approximate surface area is 169 Å². The summed E-state index contributed by atoms with van der Waals surface area (Å²) in [5, 5.41) is 4.29. The predicted molar refractivity (Wildman–Crippen MR) is 107 cm³/mol. The van der Waals surface area contributed by atoms with Gasteiger partial charge < -0.3 is 5.32 Å². The van der Waals surface area contributed by atoms with E-state index >= 15 is 0 Å². The molecule has 2 fully saturated rings. The molecule has 1 aromatic carbocycles. The first-order valence-electron chi connectivity index (χ1n) is 9.83. The molecule has 2 atom stereocenters. The Hall–Kier alpha value is -1.39. The van der Waals surface area contributed by atoms with E-state index in [1.165, 1.54) is 12.8 Å². The number of halogens is 2. The molecule has 5 rings (SSSR count). The van der Waals surface area contributed by atoms with Crippen LogP contribution in [0.25, 0.3) is 11.0 Å². The minimum absolute atomic E-state index is 0.134. The van der Waals surface area contributed by atoms with Crippen molar-refractivity contribution in [3.8, 4) is 0 Å². The number of hydrogen-bond donors (Lipinski definition) is 1. The van der Waals surface area contributed by atoms with Gasteiger partial charge in [0, 0.05) is 12.0 Å². The zero-order chi connectivity index (χ0) is 19.0. The molecule has 3 aliphatic carbocycles. The van der Waals surface area contributed by atoms with Crippen molar-refractivity contribution in [2.75, 3.05) is 0 Å². The molecular formula is C21H23Cl2N3O. The third-order valence-corrected chi connectivity index (χ3v) is 8.05. The Balaban J connectivity index is 1.67. The average Bonchev–Trinajstić information content (AvgIpc) is 3.26. The fraction of sp³-hybridized carbons (Fsp3) is 0.571. The molecule has 0 saturated heterocycles. The average molecular weight is 404 g/mol. The van der Waals surface area contributed by atoms with Crippen LogP contribution in [0.2, 0.25) is 10.0 Å². The van der Waals surface area contributed by atoms with E-state index in [0.717, 1.165) is 42.6 Å². The van der Waals surface area contributed by atoms with Crippen LogP contribution in [0, 0.1) is 5.41 Å². The van der Waals surface area contributed by atoms with E-state index in [4.69, 9.17) is 33.2 Å². The molecule has 0 radical (unpaired) electrons. The van der Waals surface area contributed by atoms with Crippen molar-refractivity contribution in [1.29, 1.82) is 0 Å². The van der Waals surface area contributed by atoms with E-state index in [9.17, 15) is 4.79 Å². The van der Waals surface area contributed by atoms with Crippen LogP contribution in [-0.2, 0) is 10.2 Å². The molecule has 142 valence electrons. The lowest BCUT2D eigenvalue weighted by molar-refractivity contribution is -0.130. The SMILES string of the molecule is CC1(C)C2CCC1(C(=O)NC1CCCC1)c1nc3cc(Cl)c(Cl)cc3nc12. The van der Waals surface area contributed by atoms with Gasteiger partial charge in [0.25, 0.3) is 0 Å². The van der Waals surface area contributed by atoms with Crippen LogP contribution in [0.1, 0.15) is 69.7 Å². The summed E-state index contributed by atoms with van der Waals surface area (Å²) < 4.78 is 0. The smallest absolute Gasteiger partial charge is 0.233 e. The summed E-state index contributed by atoms with van der Waals surface area (Å²) in [5.41, 5.74) is 2.47. The highest BCUT2D eigenvalue weighted by Crippen LogP contribution is 2.67. The summed E-state index contributed by atoms with van der Waals surface area (Å²) in [7, 11) is 0. The second kappa shape index (κ2) is 5.81. The number of carbonyl (C=O) groups excluding carboxylic acids is 1. The molecule has 1 amide bonds. The topological polar surface area (TPSA) is 54.9 Å². The first-order chi connectivity index (χ1) is 12.8. The number of hydrogen-bond acceptors (Lipinski definition) is 3. The molecule has 0 spiro atoms. The van der Waals surface area contributed by atoms with Crippen molar-refractivity contribution in [1.82, 2.24) is 15.3 Å². The standard InChI is InChI=1S/C21H23Cl2N3O/c1-20(2)12-7-8-21(20,19(27)24-11-5-3-4-6-11)18-17(12)25-15-9-13(22)14(23)10-16(15)26-18/h9-12H,3-8H2,1-2H3,(H,24,27). The van der Waals surface area contributed by atoms with E-state index < -0.39 is 5.41 Å². The molecule has 2 saturated carbocycles. The van der Waals surface area contributed by atoms with E-state index in [2.05, 4.69) is 19.2 Å². The molecule has 0 aliphatic heterocycles. The lowest BCUT2D eigenvalue weighted by atomic mass is 9.67. The van der Waals surface area contributed by atoms with Gasteiger partial charge in [-0.05, 0) is 43.2 Å². The fourth-order valence-corrected chi connectivity index (χ4v) is 6.07. The second-order valence-corrected chi connectivity index (χ2v) is 9.70. The van der Waals surface area contributed by atoms with Crippen LogP contribution in [0.15, 0.2) is 12.1 Å². The van der Waals surface area contributed by atoms with Gasteiger partial charge in [0.05, 0.1) is 37.9 Å². The molecule has 3 aliphatic rings. The van der Waals surface area contributed by atoms with Crippen molar-refractivity contribution in [2.45, 2.75) is 69.7 Å². The number of nitrogens with zero attached hydrogens (tertiary/aromatic N) is 2. The van der Waals surface area contributed by atoms with Crippen LogP contribution < -0.4 is 5.32 Å². The Morgan fingerprint density at radius 2 is 1.70 bits per heavy atom. The van der Waals surface area contributed by atoms with Gasteiger partial charge in [0.2, 0.25) is 5.91 Å². The molecule has 27 heavy (non-hydrogen) atoms. The first-order valence-corrected chi connectivity index (χ1v) is 10.6. The number of fused-ring (bicyclic) bond motifs is 6. The molecule has 4 nitrogen and oxygen atoms in total. The first kappa shape index (κ1) is 17.7. The van der Waals surface area contributed by atoms with Crippen molar-refractivity contribution in [2.24, 2.45) is 5.41 Å². The molecule has 1 N–H and O–H groups in total. The third-order valence-electron chi connectivity index (χ3n) is 7.32. The fourth-order valence-electron chi connectivity index (χ4n) is 5.76. The van der Waals surface area contributed by atoms with Crippen molar-refractivity contribution < 1.29 is 4.79 Å². The van der Waals surface area contributed by atoms with E-state index in [1.54, 1.807) is 12.1 Å². The number of aromatic nitrogens is 2. The molecule has 1 aromatic heterocycles. The van der Waals surface area contributed by atoms with Gasteiger partial charge in [-0.2, -0.15) is 0 Å². The summed E-state index contributed by atoms with van der Waals surface area (Å²) in [5.74, 6) is 0.377. The third kappa shape index (κ3) is 2.26. The summed E-state index contributed by atoms with van der Waals surface area (Å²) in [6.07, 6.45) is 6.36. The predicted octanol–water partition coefficient (Wildman–Crippen LogP) is 5.15. The van der Waals surface area contributed by atoms with E-state index in [1.807, 2.05) is 0 Å². The molecule has 6 heteroatoms. The Kier molecular flexibility index (Phi) is 3.80. The molecular weight excluding hydrogens is 381 g/mol. The molecule has 2 unspecified atom stereocenters. The highest BCUT2D eigenvalue weighted by atomic mass is 35.5. The summed E-state index contributed by atoms with van der Waals surface area (Å²) in [6.45, 7) is 4.40. The van der Waals surface area contributed by atoms with Crippen LogP contribution in [0.4, 0.5) is 0 Å². The summed E-state index contributed by atoms with van der Waals surface area (Å²) in [6, 6.07) is 3.83. The molecule has 1 heterocycles. The maximum absolute atomic E-state index is 13.6. The lowest BCUT2D eigenvalue weighted by Crippen LogP contribution is -2.52. The van der Waals surface area contributed by atoms with Gasteiger partial charge in [-0.15, -0.1) is 0 Å². The number of benzene rings is 1. The van der Waals surface area contributed by atoms with Gasteiger partial charge in [-0.25, -0.2) is 9.97 Å². The van der Waals surface area contributed by atoms with Gasteiger partial charge >= 0.3 is 0 Å². The minimum atomic E-state index is -0.608. The van der Waals surface area contributed by atoms with Gasteiger partial charge in [-0.1, -0.05) is 49.9 Å². The van der Waals surface area contributed by atoms with Crippen LogP contribution in [0.3, 0.4) is 0 Å². The van der Waals surface area contributed by atoms with Crippen molar-refractivity contribution in [3.63, 3.8) is 0 Å². The normalized spacial score (nSPS) is 28.7. The monoisotopic (exact) mass is 403 g/mol. The lowest BCUT2D eigenvalue weighted by Gasteiger charge is -2.37. The molecule has 2 bridgehead atoms.